The van der Waals surface area contributed by atoms with Gasteiger partial charge in [0.25, 0.3) is 0 Å². The average molecular weight is 500 g/mol. The first-order valence-electron chi connectivity index (χ1n) is 9.80. The van der Waals surface area contributed by atoms with Crippen molar-refractivity contribution in [1.29, 1.82) is 5.41 Å². The van der Waals surface area contributed by atoms with Gasteiger partial charge in [0.05, 0.1) is 13.3 Å². The van der Waals surface area contributed by atoms with Crippen molar-refractivity contribution < 1.29 is 50.5 Å². The van der Waals surface area contributed by atoms with Crippen LogP contribution in [0.1, 0.15) is 19.8 Å². The van der Waals surface area contributed by atoms with E-state index in [1.165, 1.54) is 59.0 Å². The van der Waals surface area contributed by atoms with Gasteiger partial charge in [-0.1, -0.05) is 0 Å². The van der Waals surface area contributed by atoms with Gasteiger partial charge in [-0.2, -0.15) is 0 Å². The van der Waals surface area contributed by atoms with Gasteiger partial charge in [0, 0.05) is 89.1 Å². The summed E-state index contributed by atoms with van der Waals surface area (Å²) >= 11 is 0. The van der Waals surface area contributed by atoms with Gasteiger partial charge in [-0.15, -0.1) is 10.2 Å². The average Bonchev–Trinajstić information content (AvgIpc) is 2.61. The third-order valence-electron chi connectivity index (χ3n) is 4.58. The number of hydrogen-bond donors (Lipinski definition) is 4. The first kappa shape index (κ1) is 29.9. The number of fused-ring (bicyclic) bond motifs is 4. The minimum absolute atomic E-state index is 0. The fourth-order valence-electron chi connectivity index (χ4n) is 3.44. The number of aliphatic hydroxyl groups is 1. The summed E-state index contributed by atoms with van der Waals surface area (Å²) in [7, 11) is -4.94. The molecule has 3 fully saturated rings. The minimum atomic E-state index is -4.94. The summed E-state index contributed by atoms with van der Waals surface area (Å²) in [6, 6.07) is 0. The van der Waals surface area contributed by atoms with Gasteiger partial charge >= 0.3 is 0 Å². The molecule has 3 heterocycles. The van der Waals surface area contributed by atoms with E-state index in [9.17, 15) is 0 Å². The first-order chi connectivity index (χ1) is 13.6. The summed E-state index contributed by atoms with van der Waals surface area (Å²) < 4.78 is 34.0. The van der Waals surface area contributed by atoms with Crippen LogP contribution in [-0.4, -0.2) is 110 Å². The maximum absolute atomic E-state index is 8.49. The summed E-state index contributed by atoms with van der Waals surface area (Å²) in [6.45, 7) is 15.2. The Hall–Kier alpha value is -0.146. The molecule has 3 rings (SSSR count). The van der Waals surface area contributed by atoms with Crippen LogP contribution in [0.15, 0.2) is 0 Å². The Morgan fingerprint density at radius 3 is 1.40 bits per heavy atom. The number of nitrogens with one attached hydrogen (secondary N) is 3. The van der Waals surface area contributed by atoms with Crippen molar-refractivity contribution in [3.63, 3.8) is 0 Å². The first-order valence-corrected chi connectivity index (χ1v) is 11.0. The van der Waals surface area contributed by atoms with Crippen LogP contribution in [0, 0.1) is 15.7 Å². The monoisotopic (exact) mass is 498 g/mol. The Labute approximate surface area is 191 Å². The zero-order chi connectivity index (χ0) is 21.7. The van der Waals surface area contributed by atoms with Crippen molar-refractivity contribution in [2.75, 3.05) is 79.0 Å². The largest absolute Gasteiger partial charge is 0.497 e. The molecule has 3 saturated heterocycles. The third-order valence-corrected chi connectivity index (χ3v) is 4.58. The summed E-state index contributed by atoms with van der Waals surface area (Å²) in [5.41, 5.74) is 0. The van der Waals surface area contributed by atoms with Crippen LogP contribution in [0.2, 0.25) is 0 Å². The van der Waals surface area contributed by atoms with Gasteiger partial charge < -0.3 is 15.7 Å². The van der Waals surface area contributed by atoms with Crippen LogP contribution in [0.5, 0.6) is 0 Å². The molecule has 0 aliphatic carbocycles. The van der Waals surface area contributed by atoms with Crippen molar-refractivity contribution in [1.82, 2.24) is 30.2 Å². The Morgan fingerprint density at radius 1 is 0.767 bits per heavy atom. The van der Waals surface area contributed by atoms with E-state index >= 15 is 0 Å². The topological polar surface area (TPSA) is 173 Å². The zero-order valence-electron chi connectivity index (χ0n) is 17.5. The van der Waals surface area contributed by atoms with Gasteiger partial charge in [0.1, 0.15) is 0 Å². The molecule has 0 amide bonds. The fraction of sp³-hybridized carbons (Fsp3) is 0.938. The molecule has 4 unspecified atom stereocenters. The number of halogens is 1. The predicted octanol–water partition coefficient (Wildman–Crippen LogP) is -5.19. The molecule has 0 radical (unpaired) electrons. The molecule has 3 aliphatic heterocycles. The molecule has 30 heavy (non-hydrogen) atoms. The molecule has 0 spiro atoms. The summed E-state index contributed by atoms with van der Waals surface area (Å²) in [4.78, 5) is 10.3. The molecule has 14 heteroatoms. The molecule has 4 atom stereocenters. The van der Waals surface area contributed by atoms with Gasteiger partial charge in [-0.3, -0.25) is 25.0 Å². The van der Waals surface area contributed by atoms with E-state index in [4.69, 9.17) is 29.2 Å². The molecule has 182 valence electrons. The molecule has 0 aromatic carbocycles. The van der Waals surface area contributed by atoms with E-state index in [-0.39, 0.29) is 22.4 Å². The van der Waals surface area contributed by atoms with Crippen LogP contribution in [0.4, 0.5) is 0 Å². The van der Waals surface area contributed by atoms with E-state index < -0.39 is 10.2 Å². The Balaban J connectivity index is 0.000000718. The van der Waals surface area contributed by atoms with E-state index in [2.05, 4.69) is 30.2 Å². The molecule has 0 aromatic rings. The van der Waals surface area contributed by atoms with Gasteiger partial charge in [-0.05, 0) is 12.8 Å². The second-order valence-electron chi connectivity index (χ2n) is 7.29. The molecular weight excluding hydrogens is 464 g/mol. The number of aliphatic hydroxyl groups excluding tert-OH is 1. The quantitative estimate of drug-likeness (QED) is 0.142. The number of hydrogen-bond acceptors (Lipinski definition) is 11. The fourth-order valence-corrected chi connectivity index (χ4v) is 3.44. The minimum Gasteiger partial charge on any atom is -0.497 e. The summed E-state index contributed by atoms with van der Waals surface area (Å²) in [5.74, 6) is -0.333. The molecular formula is C16H35ClN7NiO5-. The van der Waals surface area contributed by atoms with Crippen molar-refractivity contribution in [3.8, 4) is 0 Å². The number of rotatable bonds is 0. The van der Waals surface area contributed by atoms with Crippen molar-refractivity contribution in [3.05, 3.63) is 0 Å². The molecule has 12 nitrogen and oxygen atoms in total. The van der Waals surface area contributed by atoms with E-state index in [1.54, 1.807) is 0 Å². The normalized spacial score (nSPS) is 30.0. The summed E-state index contributed by atoms with van der Waals surface area (Å²) in [5, 5.41) is 20.8. The van der Waals surface area contributed by atoms with E-state index in [0.717, 1.165) is 39.8 Å². The molecule has 0 saturated carbocycles. The van der Waals surface area contributed by atoms with E-state index in [0.29, 0.717) is 0 Å². The van der Waals surface area contributed by atoms with Crippen LogP contribution in [0.25, 0.3) is 0 Å². The van der Waals surface area contributed by atoms with Crippen molar-refractivity contribution >= 4 is 5.90 Å². The maximum atomic E-state index is 8.49. The van der Waals surface area contributed by atoms with E-state index in [1.807, 2.05) is 0 Å². The maximum Gasteiger partial charge on any atom is 0.174 e. The van der Waals surface area contributed by atoms with Crippen LogP contribution >= 0.6 is 0 Å². The van der Waals surface area contributed by atoms with Crippen molar-refractivity contribution in [2.24, 2.45) is 0 Å². The van der Waals surface area contributed by atoms with Crippen molar-refractivity contribution in [2.45, 2.75) is 19.8 Å². The molecule has 3 aliphatic rings. The SMILES string of the molecule is C1CN2CCN3CCCN(CNCCNCN(C1)C2)C3.CC(=N)O.[Ni].[O-][Cl+3]([O-])([O-])[O-]. The Kier molecular flexibility index (Phi) is 16.4. The smallest absolute Gasteiger partial charge is 0.174 e. The van der Waals surface area contributed by atoms with Gasteiger partial charge in [-0.25, -0.2) is 18.6 Å². The second-order valence-corrected chi connectivity index (χ2v) is 8.05. The molecule has 0 aromatic heterocycles. The third kappa shape index (κ3) is 17.5. The van der Waals surface area contributed by atoms with Gasteiger partial charge in [0.2, 0.25) is 0 Å². The second kappa shape index (κ2) is 16.5. The predicted molar refractivity (Wildman–Crippen MR) is 97.3 cm³/mol. The van der Waals surface area contributed by atoms with Crippen LogP contribution in [-0.2, 0) is 16.5 Å². The van der Waals surface area contributed by atoms with Crippen LogP contribution in [0.3, 0.4) is 0 Å². The number of nitrogens with zero attached hydrogens (tertiary/aromatic N) is 4. The standard InChI is InChI=1S/C14H30N6.C2H5NO.ClHO4.Ni/c1-5-17-9-10-18-6-2-8-20(14-18)12-16-4-3-15-11-19(7-1)13-17;1-2(3)4;2-1(3,4)5;/h15-16H,1-14H2;1H3,(H2,3,4);(H,2,3,4,5);/p-1. The summed E-state index contributed by atoms with van der Waals surface area (Å²) in [6.07, 6.45) is 2.62. The Bertz CT molecular complexity index is 426. The zero-order valence-corrected chi connectivity index (χ0v) is 19.2. The van der Waals surface area contributed by atoms with Crippen LogP contribution < -0.4 is 29.3 Å². The Morgan fingerprint density at radius 2 is 1.07 bits per heavy atom. The molecule has 4 N–H and O–H groups in total. The van der Waals surface area contributed by atoms with Gasteiger partial charge in [0.15, 0.2) is 5.90 Å². The molecule has 4 bridgehead atoms.